The van der Waals surface area contributed by atoms with Crippen LogP contribution in [0.4, 0.5) is 0 Å². The Hall–Kier alpha value is -3.34. The monoisotopic (exact) mass is 377 g/mol. The Labute approximate surface area is 164 Å². The van der Waals surface area contributed by atoms with Crippen LogP contribution in [0.5, 0.6) is 5.75 Å². The lowest BCUT2D eigenvalue weighted by molar-refractivity contribution is -0.145. The van der Waals surface area contributed by atoms with Gasteiger partial charge in [0.05, 0.1) is 7.11 Å². The number of hydrogen-bond acceptors (Lipinski definition) is 4. The molecule has 0 fully saturated rings. The van der Waals surface area contributed by atoms with Crippen LogP contribution in [0.25, 0.3) is 10.8 Å². The van der Waals surface area contributed by atoms with Gasteiger partial charge in [-0.1, -0.05) is 36.4 Å². The number of carbonyl (C=O) groups is 2. The third-order valence-corrected chi connectivity index (χ3v) is 4.39. The van der Waals surface area contributed by atoms with Crippen LogP contribution in [0.15, 0.2) is 66.7 Å². The van der Waals surface area contributed by atoms with Crippen molar-refractivity contribution in [1.29, 1.82) is 0 Å². The lowest BCUT2D eigenvalue weighted by Crippen LogP contribution is -2.24. The number of esters is 1. The first-order valence-electron chi connectivity index (χ1n) is 9.21. The fraction of sp³-hybridized carbons (Fsp3) is 0.217. The van der Waals surface area contributed by atoms with Crippen molar-refractivity contribution in [3.05, 3.63) is 77.9 Å². The normalized spacial score (nSPS) is 10.5. The molecule has 0 heterocycles. The number of fused-ring (bicyclic) bond motifs is 1. The van der Waals surface area contributed by atoms with Gasteiger partial charge in [0.25, 0.3) is 5.91 Å². The molecular weight excluding hydrogens is 354 g/mol. The van der Waals surface area contributed by atoms with E-state index in [9.17, 15) is 9.59 Å². The standard InChI is InChI=1S/C23H23NO4/c1-27-21-12-11-19-14-17(9-10-20(19)15-21)16-28-22(25)8-5-13-24-23(26)18-6-3-2-4-7-18/h2-4,6-7,9-12,14-15H,5,8,13,16H2,1H3,(H,24,26). The predicted molar refractivity (Wildman–Crippen MR) is 108 cm³/mol. The minimum atomic E-state index is -0.274. The number of methoxy groups -OCH3 is 1. The number of rotatable bonds is 8. The molecule has 1 amide bonds. The summed E-state index contributed by atoms with van der Waals surface area (Å²) in [6.07, 6.45) is 0.800. The quantitative estimate of drug-likeness (QED) is 0.474. The molecule has 0 atom stereocenters. The molecule has 0 aliphatic heterocycles. The van der Waals surface area contributed by atoms with Crippen molar-refractivity contribution in [3.8, 4) is 5.75 Å². The molecule has 0 saturated carbocycles. The van der Waals surface area contributed by atoms with Crippen LogP contribution < -0.4 is 10.1 Å². The van der Waals surface area contributed by atoms with Crippen LogP contribution in [-0.2, 0) is 16.1 Å². The SMILES string of the molecule is COc1ccc2cc(COC(=O)CCCNC(=O)c3ccccc3)ccc2c1. The van der Waals surface area contributed by atoms with E-state index >= 15 is 0 Å². The van der Waals surface area contributed by atoms with Crippen molar-refractivity contribution in [2.45, 2.75) is 19.4 Å². The number of ether oxygens (including phenoxy) is 2. The summed E-state index contributed by atoms with van der Waals surface area (Å²) in [5.41, 5.74) is 1.54. The average molecular weight is 377 g/mol. The van der Waals surface area contributed by atoms with E-state index in [1.165, 1.54) is 0 Å². The van der Waals surface area contributed by atoms with E-state index in [2.05, 4.69) is 5.32 Å². The van der Waals surface area contributed by atoms with Gasteiger partial charge in [-0.25, -0.2) is 0 Å². The van der Waals surface area contributed by atoms with E-state index in [1.54, 1.807) is 19.2 Å². The molecule has 28 heavy (non-hydrogen) atoms. The molecular formula is C23H23NO4. The van der Waals surface area contributed by atoms with Gasteiger partial charge in [0.2, 0.25) is 0 Å². The molecule has 0 spiro atoms. The van der Waals surface area contributed by atoms with Gasteiger partial charge in [0.15, 0.2) is 0 Å². The van der Waals surface area contributed by atoms with Gasteiger partial charge in [-0.3, -0.25) is 9.59 Å². The molecule has 0 aromatic heterocycles. The highest BCUT2D eigenvalue weighted by molar-refractivity contribution is 5.94. The van der Waals surface area contributed by atoms with Gasteiger partial charge in [-0.05, 0) is 53.1 Å². The fourth-order valence-corrected chi connectivity index (χ4v) is 2.85. The maximum Gasteiger partial charge on any atom is 0.306 e. The molecule has 0 aliphatic rings. The van der Waals surface area contributed by atoms with E-state index in [-0.39, 0.29) is 24.9 Å². The van der Waals surface area contributed by atoms with Gasteiger partial charge in [0.1, 0.15) is 12.4 Å². The highest BCUT2D eigenvalue weighted by Crippen LogP contribution is 2.22. The molecule has 5 heteroatoms. The van der Waals surface area contributed by atoms with Gasteiger partial charge in [0, 0.05) is 18.5 Å². The number of carbonyl (C=O) groups excluding carboxylic acids is 2. The first kappa shape index (κ1) is 19.4. The van der Waals surface area contributed by atoms with Crippen molar-refractivity contribution in [3.63, 3.8) is 0 Å². The second-order valence-corrected chi connectivity index (χ2v) is 6.43. The summed E-state index contributed by atoms with van der Waals surface area (Å²) in [7, 11) is 1.64. The van der Waals surface area contributed by atoms with Crippen LogP contribution in [0.2, 0.25) is 0 Å². The summed E-state index contributed by atoms with van der Waals surface area (Å²) in [5.74, 6) is 0.400. The van der Waals surface area contributed by atoms with Crippen LogP contribution in [0, 0.1) is 0 Å². The zero-order valence-electron chi connectivity index (χ0n) is 15.8. The van der Waals surface area contributed by atoms with E-state index in [1.807, 2.05) is 54.6 Å². The molecule has 3 aromatic rings. The predicted octanol–water partition coefficient (Wildman–Crippen LogP) is 4.10. The third-order valence-electron chi connectivity index (χ3n) is 4.39. The average Bonchev–Trinajstić information content (AvgIpc) is 2.75. The zero-order valence-corrected chi connectivity index (χ0v) is 15.8. The molecule has 3 rings (SSSR count). The van der Waals surface area contributed by atoms with Crippen molar-refractivity contribution < 1.29 is 19.1 Å². The second kappa shape index (κ2) is 9.55. The summed E-state index contributed by atoms with van der Waals surface area (Å²) in [6, 6.07) is 20.8. The largest absolute Gasteiger partial charge is 0.497 e. The van der Waals surface area contributed by atoms with Crippen LogP contribution in [0.1, 0.15) is 28.8 Å². The lowest BCUT2D eigenvalue weighted by atomic mass is 10.1. The summed E-state index contributed by atoms with van der Waals surface area (Å²) in [6.45, 7) is 0.664. The Morgan fingerprint density at radius 1 is 0.929 bits per heavy atom. The molecule has 3 aromatic carbocycles. The molecule has 0 saturated heterocycles. The molecule has 144 valence electrons. The Balaban J connectivity index is 1.40. The molecule has 0 bridgehead atoms. The van der Waals surface area contributed by atoms with Crippen LogP contribution in [0.3, 0.4) is 0 Å². The Morgan fingerprint density at radius 2 is 1.68 bits per heavy atom. The Morgan fingerprint density at radius 3 is 2.46 bits per heavy atom. The number of hydrogen-bond donors (Lipinski definition) is 1. The van der Waals surface area contributed by atoms with Crippen molar-refractivity contribution in [1.82, 2.24) is 5.32 Å². The summed E-state index contributed by atoms with van der Waals surface area (Å²) < 4.78 is 10.6. The molecule has 1 N–H and O–H groups in total. The van der Waals surface area contributed by atoms with Crippen LogP contribution in [-0.4, -0.2) is 25.5 Å². The first-order chi connectivity index (χ1) is 13.7. The first-order valence-corrected chi connectivity index (χ1v) is 9.21. The maximum absolute atomic E-state index is 11.9. The van der Waals surface area contributed by atoms with E-state index in [0.717, 1.165) is 22.1 Å². The summed E-state index contributed by atoms with van der Waals surface area (Å²) >= 11 is 0. The van der Waals surface area contributed by atoms with E-state index < -0.39 is 0 Å². The van der Waals surface area contributed by atoms with Gasteiger partial charge < -0.3 is 14.8 Å². The highest BCUT2D eigenvalue weighted by Gasteiger charge is 2.07. The molecule has 0 radical (unpaired) electrons. The number of nitrogens with one attached hydrogen (secondary N) is 1. The topological polar surface area (TPSA) is 64.6 Å². The highest BCUT2D eigenvalue weighted by atomic mass is 16.5. The lowest BCUT2D eigenvalue weighted by Gasteiger charge is -2.08. The number of amides is 1. The molecule has 5 nitrogen and oxygen atoms in total. The van der Waals surface area contributed by atoms with Gasteiger partial charge in [-0.15, -0.1) is 0 Å². The summed E-state index contributed by atoms with van der Waals surface area (Å²) in [5, 5.41) is 4.94. The van der Waals surface area contributed by atoms with Crippen LogP contribution >= 0.6 is 0 Å². The Bertz CT molecular complexity index is 953. The number of benzene rings is 3. The second-order valence-electron chi connectivity index (χ2n) is 6.43. The van der Waals surface area contributed by atoms with E-state index in [0.29, 0.717) is 18.5 Å². The van der Waals surface area contributed by atoms with Crippen molar-refractivity contribution >= 4 is 22.6 Å². The van der Waals surface area contributed by atoms with Crippen molar-refractivity contribution in [2.75, 3.05) is 13.7 Å². The third kappa shape index (κ3) is 5.33. The zero-order chi connectivity index (χ0) is 19.8. The molecule has 0 aliphatic carbocycles. The summed E-state index contributed by atoms with van der Waals surface area (Å²) in [4.78, 5) is 23.8. The van der Waals surface area contributed by atoms with Gasteiger partial charge >= 0.3 is 5.97 Å². The Kier molecular flexibility index (Phi) is 6.63. The fourth-order valence-electron chi connectivity index (χ4n) is 2.85. The molecule has 0 unspecified atom stereocenters. The van der Waals surface area contributed by atoms with Gasteiger partial charge in [-0.2, -0.15) is 0 Å². The smallest absolute Gasteiger partial charge is 0.306 e. The maximum atomic E-state index is 11.9. The van der Waals surface area contributed by atoms with E-state index in [4.69, 9.17) is 9.47 Å². The minimum absolute atomic E-state index is 0.137. The minimum Gasteiger partial charge on any atom is -0.497 e. The van der Waals surface area contributed by atoms with Crippen molar-refractivity contribution in [2.24, 2.45) is 0 Å².